The van der Waals surface area contributed by atoms with Crippen LogP contribution in [0.3, 0.4) is 0 Å². The number of aromatic nitrogens is 3. The molecule has 1 atom stereocenters. The maximum Gasteiger partial charge on any atom is 0.237 e. The Morgan fingerprint density at radius 1 is 1.12 bits per heavy atom. The molecular formula is C26H32N6OS. The summed E-state index contributed by atoms with van der Waals surface area (Å²) in [7, 11) is 4.08. The lowest BCUT2D eigenvalue weighted by Crippen LogP contribution is -2.33. The highest BCUT2D eigenvalue weighted by atomic mass is 32.2. The van der Waals surface area contributed by atoms with Crippen molar-refractivity contribution in [2.24, 2.45) is 0 Å². The van der Waals surface area contributed by atoms with Crippen LogP contribution in [0.25, 0.3) is 0 Å². The highest BCUT2D eigenvalue weighted by molar-refractivity contribution is 7.99. The summed E-state index contributed by atoms with van der Waals surface area (Å²) in [4.78, 5) is 17.0. The first-order valence-electron chi connectivity index (χ1n) is 11.4. The summed E-state index contributed by atoms with van der Waals surface area (Å²) in [6.07, 6.45) is 1.18. The summed E-state index contributed by atoms with van der Waals surface area (Å²) in [5.41, 5.74) is 3.08. The zero-order valence-electron chi connectivity index (χ0n) is 20.3. The van der Waals surface area contributed by atoms with Gasteiger partial charge in [-0.2, -0.15) is 5.26 Å². The van der Waals surface area contributed by atoms with Gasteiger partial charge in [0, 0.05) is 12.2 Å². The summed E-state index contributed by atoms with van der Waals surface area (Å²) in [6.45, 7) is 5.15. The Morgan fingerprint density at radius 2 is 1.82 bits per heavy atom. The predicted molar refractivity (Wildman–Crippen MR) is 137 cm³/mol. The molecule has 0 saturated carbocycles. The number of hydrogen-bond acceptors (Lipinski definition) is 6. The van der Waals surface area contributed by atoms with Crippen molar-refractivity contribution in [1.82, 2.24) is 19.7 Å². The molecule has 34 heavy (non-hydrogen) atoms. The highest BCUT2D eigenvalue weighted by Gasteiger charge is 2.24. The van der Waals surface area contributed by atoms with Crippen LogP contribution in [0.15, 0.2) is 59.8 Å². The first kappa shape index (κ1) is 25.5. The third-order valence-corrected chi connectivity index (χ3v) is 6.61. The number of benzene rings is 2. The SMILES string of the molecule is CC[C@@H](c1nnc(SCC(=O)N(CCC#N)c2ccc(C)cc2)n1Cc1ccccc1)N(C)C. The molecule has 0 radical (unpaired) electrons. The van der Waals surface area contributed by atoms with Crippen LogP contribution in [-0.2, 0) is 11.3 Å². The first-order valence-corrected chi connectivity index (χ1v) is 12.4. The van der Waals surface area contributed by atoms with Crippen LogP contribution in [0, 0.1) is 18.3 Å². The van der Waals surface area contributed by atoms with E-state index in [0.29, 0.717) is 13.1 Å². The van der Waals surface area contributed by atoms with Gasteiger partial charge in [-0.3, -0.25) is 9.69 Å². The van der Waals surface area contributed by atoms with Crippen molar-refractivity contribution in [3.8, 4) is 6.07 Å². The second kappa shape index (κ2) is 12.4. The fourth-order valence-corrected chi connectivity index (χ4v) is 4.66. The summed E-state index contributed by atoms with van der Waals surface area (Å²) in [6, 6.07) is 20.3. The number of rotatable bonds is 11. The second-order valence-electron chi connectivity index (χ2n) is 8.38. The van der Waals surface area contributed by atoms with Gasteiger partial charge in [0.2, 0.25) is 5.91 Å². The van der Waals surface area contributed by atoms with E-state index >= 15 is 0 Å². The number of thioether (sulfide) groups is 1. The molecule has 0 spiro atoms. The molecule has 2 aromatic carbocycles. The van der Waals surface area contributed by atoms with Crippen LogP contribution in [0.2, 0.25) is 0 Å². The van der Waals surface area contributed by atoms with Crippen molar-refractivity contribution >= 4 is 23.4 Å². The minimum absolute atomic E-state index is 0.0560. The molecule has 3 rings (SSSR count). The summed E-state index contributed by atoms with van der Waals surface area (Å²) < 4.78 is 2.12. The zero-order valence-corrected chi connectivity index (χ0v) is 21.1. The molecule has 0 N–H and O–H groups in total. The number of nitrogens with zero attached hydrogens (tertiary/aromatic N) is 6. The standard InChI is InChI=1S/C26H32N6OS/c1-5-23(30(3)4)25-28-29-26(32(25)18-21-10-7-6-8-11-21)34-19-24(33)31(17-9-16-27)22-14-12-20(2)13-15-22/h6-8,10-15,23H,5,9,17-19H2,1-4H3/t23-/m0/s1. The number of carbonyl (C=O) groups excluding carboxylic acids is 1. The summed E-state index contributed by atoms with van der Waals surface area (Å²) in [5, 5.41) is 18.8. The average molecular weight is 477 g/mol. The molecule has 0 bridgehead atoms. The number of carbonyl (C=O) groups is 1. The Hall–Kier alpha value is -3.15. The molecule has 0 aliphatic carbocycles. The maximum absolute atomic E-state index is 13.2. The van der Waals surface area contributed by atoms with E-state index in [9.17, 15) is 4.79 Å². The van der Waals surface area contributed by atoms with E-state index in [-0.39, 0.29) is 24.1 Å². The quantitative estimate of drug-likeness (QED) is 0.374. The van der Waals surface area contributed by atoms with Gasteiger partial charge in [0.15, 0.2) is 11.0 Å². The van der Waals surface area contributed by atoms with Crippen LogP contribution in [0.1, 0.15) is 42.8 Å². The molecule has 0 aliphatic rings. The van der Waals surface area contributed by atoms with Gasteiger partial charge in [0.1, 0.15) is 0 Å². The molecule has 7 nitrogen and oxygen atoms in total. The van der Waals surface area contributed by atoms with Crippen LogP contribution in [0.5, 0.6) is 0 Å². The Labute approximate surface area is 206 Å². The molecule has 0 saturated heterocycles. The Bertz CT molecular complexity index is 1100. The van der Waals surface area contributed by atoms with Crippen molar-refractivity contribution in [1.29, 1.82) is 5.26 Å². The average Bonchev–Trinajstić information content (AvgIpc) is 3.21. The van der Waals surface area contributed by atoms with E-state index < -0.39 is 0 Å². The largest absolute Gasteiger partial charge is 0.311 e. The smallest absolute Gasteiger partial charge is 0.237 e. The predicted octanol–water partition coefficient (Wildman–Crippen LogP) is 4.69. The lowest BCUT2D eigenvalue weighted by molar-refractivity contribution is -0.116. The van der Waals surface area contributed by atoms with Crippen molar-refractivity contribution in [3.05, 3.63) is 71.5 Å². The van der Waals surface area contributed by atoms with Crippen LogP contribution in [-0.4, -0.2) is 52.0 Å². The van der Waals surface area contributed by atoms with Gasteiger partial charge in [0.05, 0.1) is 30.8 Å². The van der Waals surface area contributed by atoms with Crippen LogP contribution in [0.4, 0.5) is 5.69 Å². The molecule has 0 fully saturated rings. The van der Waals surface area contributed by atoms with E-state index in [0.717, 1.165) is 34.2 Å². The van der Waals surface area contributed by atoms with Crippen molar-refractivity contribution in [2.75, 3.05) is 31.3 Å². The molecule has 0 unspecified atom stereocenters. The Balaban J connectivity index is 1.84. The van der Waals surface area contributed by atoms with Gasteiger partial charge >= 0.3 is 0 Å². The highest BCUT2D eigenvalue weighted by Crippen LogP contribution is 2.27. The van der Waals surface area contributed by atoms with Gasteiger partial charge in [-0.05, 0) is 45.1 Å². The molecule has 1 amide bonds. The first-order chi connectivity index (χ1) is 16.4. The van der Waals surface area contributed by atoms with E-state index in [1.54, 1.807) is 4.90 Å². The monoisotopic (exact) mass is 476 g/mol. The minimum atomic E-state index is -0.0560. The molecule has 1 heterocycles. The minimum Gasteiger partial charge on any atom is -0.311 e. The third kappa shape index (κ3) is 6.46. The normalized spacial score (nSPS) is 11.9. The van der Waals surface area contributed by atoms with Crippen molar-refractivity contribution in [2.45, 2.75) is 44.4 Å². The van der Waals surface area contributed by atoms with E-state index in [1.807, 2.05) is 63.5 Å². The van der Waals surface area contributed by atoms with Crippen molar-refractivity contribution in [3.63, 3.8) is 0 Å². The topological polar surface area (TPSA) is 78.0 Å². The number of aryl methyl sites for hydroxylation is 1. The van der Waals surface area contributed by atoms with E-state index in [1.165, 1.54) is 11.8 Å². The summed E-state index contributed by atoms with van der Waals surface area (Å²) >= 11 is 1.39. The van der Waals surface area contributed by atoms with E-state index in [4.69, 9.17) is 5.26 Å². The van der Waals surface area contributed by atoms with Crippen LogP contribution >= 0.6 is 11.8 Å². The van der Waals surface area contributed by atoms with Gasteiger partial charge in [-0.1, -0.05) is 66.7 Å². The fraction of sp³-hybridized carbons (Fsp3) is 0.385. The fourth-order valence-electron chi connectivity index (χ4n) is 3.84. The molecule has 8 heteroatoms. The lowest BCUT2D eigenvalue weighted by Gasteiger charge is -2.23. The van der Waals surface area contributed by atoms with Crippen molar-refractivity contribution < 1.29 is 4.79 Å². The number of amides is 1. The number of nitriles is 1. The van der Waals surface area contributed by atoms with Gasteiger partial charge < -0.3 is 9.47 Å². The molecule has 3 aromatic rings. The maximum atomic E-state index is 13.2. The van der Waals surface area contributed by atoms with Gasteiger partial charge in [-0.15, -0.1) is 10.2 Å². The van der Waals surface area contributed by atoms with Crippen LogP contribution < -0.4 is 4.90 Å². The van der Waals surface area contributed by atoms with Gasteiger partial charge in [-0.25, -0.2) is 0 Å². The molecule has 1 aromatic heterocycles. The Morgan fingerprint density at radius 3 is 2.44 bits per heavy atom. The molecular weight excluding hydrogens is 444 g/mol. The molecule has 178 valence electrons. The number of anilines is 1. The second-order valence-corrected chi connectivity index (χ2v) is 9.32. The third-order valence-electron chi connectivity index (χ3n) is 5.66. The molecule has 0 aliphatic heterocycles. The Kier molecular flexibility index (Phi) is 9.25. The lowest BCUT2D eigenvalue weighted by atomic mass is 10.2. The van der Waals surface area contributed by atoms with Gasteiger partial charge in [0.25, 0.3) is 0 Å². The summed E-state index contributed by atoms with van der Waals surface area (Å²) in [5.74, 6) is 1.05. The zero-order chi connectivity index (χ0) is 24.5. The van der Waals surface area contributed by atoms with E-state index in [2.05, 4.69) is 44.8 Å². The number of hydrogen-bond donors (Lipinski definition) is 0.